The fraction of sp³-hybridized carbons (Fsp3) is 0.444. The molecule has 1 unspecified atom stereocenters. The molecule has 0 N–H and O–H groups in total. The molecule has 24 heavy (non-hydrogen) atoms. The van der Waals surface area contributed by atoms with Crippen LogP contribution in [-0.4, -0.2) is 40.3 Å². The van der Waals surface area contributed by atoms with Crippen molar-refractivity contribution in [1.82, 2.24) is 14.7 Å². The number of halogens is 1. The molecule has 3 rings (SSSR count). The van der Waals surface area contributed by atoms with Crippen molar-refractivity contribution in [2.75, 3.05) is 19.7 Å². The predicted octanol–water partition coefficient (Wildman–Crippen LogP) is 2.65. The van der Waals surface area contributed by atoms with Gasteiger partial charge in [-0.1, -0.05) is 6.07 Å². The smallest absolute Gasteiger partial charge is 0.244 e. The summed E-state index contributed by atoms with van der Waals surface area (Å²) in [4.78, 5) is 14.3. The van der Waals surface area contributed by atoms with Crippen LogP contribution in [0.1, 0.15) is 18.5 Å². The van der Waals surface area contributed by atoms with Crippen LogP contribution < -0.4 is 4.74 Å². The summed E-state index contributed by atoms with van der Waals surface area (Å²) in [6.07, 6.45) is 3.68. The number of aryl methyl sites for hydroxylation is 1. The molecule has 1 atom stereocenters. The summed E-state index contributed by atoms with van der Waals surface area (Å²) < 4.78 is 20.6. The second kappa shape index (κ2) is 7.47. The van der Waals surface area contributed by atoms with Gasteiger partial charge in [-0.05, 0) is 38.0 Å². The summed E-state index contributed by atoms with van der Waals surface area (Å²) in [5, 5.41) is 4.16. The largest absolute Gasteiger partial charge is 0.493 e. The predicted molar refractivity (Wildman–Crippen MR) is 88.2 cm³/mol. The van der Waals surface area contributed by atoms with Gasteiger partial charge in [0.1, 0.15) is 18.1 Å². The molecule has 1 fully saturated rings. The zero-order chi connectivity index (χ0) is 16.9. The van der Waals surface area contributed by atoms with Gasteiger partial charge < -0.3 is 9.64 Å². The molecule has 0 saturated carbocycles. The molecule has 0 radical (unpaired) electrons. The summed E-state index contributed by atoms with van der Waals surface area (Å²) >= 11 is 0. The van der Waals surface area contributed by atoms with Crippen LogP contribution in [0.2, 0.25) is 0 Å². The third-order valence-electron chi connectivity index (χ3n) is 4.37. The number of benzene rings is 1. The standard InChI is InChI=1S/C18H22FN3O2/c1-14-7-8-20-22(14)12-18(23)21-9-3-4-15(11-21)13-24-17-6-2-5-16(19)10-17/h2,5-8,10,15H,3-4,9,11-13H2,1H3. The van der Waals surface area contributed by atoms with Crippen LogP contribution in [0.15, 0.2) is 36.5 Å². The number of ether oxygens (including phenoxy) is 1. The lowest BCUT2D eigenvalue weighted by molar-refractivity contribution is -0.134. The molecule has 5 nitrogen and oxygen atoms in total. The number of aromatic nitrogens is 2. The van der Waals surface area contributed by atoms with Gasteiger partial charge in [0.25, 0.3) is 0 Å². The Morgan fingerprint density at radius 2 is 2.29 bits per heavy atom. The van der Waals surface area contributed by atoms with E-state index in [1.54, 1.807) is 23.0 Å². The number of rotatable bonds is 5. The van der Waals surface area contributed by atoms with Crippen LogP contribution in [-0.2, 0) is 11.3 Å². The lowest BCUT2D eigenvalue weighted by Crippen LogP contribution is -2.43. The number of likely N-dealkylation sites (tertiary alicyclic amines) is 1. The van der Waals surface area contributed by atoms with E-state index >= 15 is 0 Å². The van der Waals surface area contributed by atoms with Gasteiger partial charge >= 0.3 is 0 Å². The van der Waals surface area contributed by atoms with E-state index in [-0.39, 0.29) is 24.2 Å². The van der Waals surface area contributed by atoms with Crippen molar-refractivity contribution >= 4 is 5.91 Å². The number of amides is 1. The number of carbonyl (C=O) groups excluding carboxylic acids is 1. The average Bonchev–Trinajstić information content (AvgIpc) is 2.98. The Bertz CT molecular complexity index is 701. The van der Waals surface area contributed by atoms with Gasteiger partial charge in [-0.25, -0.2) is 4.39 Å². The van der Waals surface area contributed by atoms with Crippen LogP contribution in [0.5, 0.6) is 5.75 Å². The first-order valence-corrected chi connectivity index (χ1v) is 8.26. The van der Waals surface area contributed by atoms with Crippen molar-refractivity contribution in [2.45, 2.75) is 26.3 Å². The number of piperidine rings is 1. The molecule has 1 aromatic heterocycles. The van der Waals surface area contributed by atoms with E-state index < -0.39 is 0 Å². The lowest BCUT2D eigenvalue weighted by atomic mass is 9.99. The molecular formula is C18H22FN3O2. The van der Waals surface area contributed by atoms with E-state index in [1.807, 2.05) is 17.9 Å². The second-order valence-electron chi connectivity index (χ2n) is 6.25. The summed E-state index contributed by atoms with van der Waals surface area (Å²) in [6.45, 7) is 4.15. The quantitative estimate of drug-likeness (QED) is 0.846. The Morgan fingerprint density at radius 1 is 1.42 bits per heavy atom. The SMILES string of the molecule is Cc1ccnn1CC(=O)N1CCCC(COc2cccc(F)c2)C1. The normalized spacial score (nSPS) is 17.8. The summed E-state index contributed by atoms with van der Waals surface area (Å²) in [5.74, 6) is 0.579. The van der Waals surface area contributed by atoms with Crippen molar-refractivity contribution in [3.05, 3.63) is 48.0 Å². The Kier molecular flexibility index (Phi) is 5.13. The maximum absolute atomic E-state index is 13.2. The second-order valence-corrected chi connectivity index (χ2v) is 6.25. The Labute approximate surface area is 141 Å². The van der Waals surface area contributed by atoms with Crippen LogP contribution in [0, 0.1) is 18.7 Å². The van der Waals surface area contributed by atoms with Crippen molar-refractivity contribution in [2.24, 2.45) is 5.92 Å². The molecule has 1 aliphatic heterocycles. The minimum absolute atomic E-state index is 0.0808. The minimum atomic E-state index is -0.303. The monoisotopic (exact) mass is 331 g/mol. The van der Waals surface area contributed by atoms with Gasteiger partial charge in [0.15, 0.2) is 0 Å². The van der Waals surface area contributed by atoms with Crippen LogP contribution in [0.3, 0.4) is 0 Å². The van der Waals surface area contributed by atoms with Crippen molar-refractivity contribution in [3.63, 3.8) is 0 Å². The molecule has 2 heterocycles. The highest BCUT2D eigenvalue weighted by atomic mass is 19.1. The molecular weight excluding hydrogens is 309 g/mol. The molecule has 6 heteroatoms. The lowest BCUT2D eigenvalue weighted by Gasteiger charge is -2.32. The third-order valence-corrected chi connectivity index (χ3v) is 4.37. The van der Waals surface area contributed by atoms with Gasteiger partial charge in [-0.3, -0.25) is 9.48 Å². The maximum atomic E-state index is 13.2. The van der Waals surface area contributed by atoms with E-state index in [9.17, 15) is 9.18 Å². The summed E-state index contributed by atoms with van der Waals surface area (Å²) in [6, 6.07) is 8.04. The Balaban J connectivity index is 1.52. The van der Waals surface area contributed by atoms with E-state index in [2.05, 4.69) is 5.10 Å². The van der Waals surface area contributed by atoms with Crippen molar-refractivity contribution in [3.8, 4) is 5.75 Å². The zero-order valence-corrected chi connectivity index (χ0v) is 13.8. The van der Waals surface area contributed by atoms with E-state index in [4.69, 9.17) is 4.74 Å². The van der Waals surface area contributed by atoms with Gasteiger partial charge in [0, 0.05) is 37.0 Å². The topological polar surface area (TPSA) is 47.4 Å². The molecule has 1 aliphatic rings. The Morgan fingerprint density at radius 3 is 3.04 bits per heavy atom. The molecule has 1 aromatic carbocycles. The van der Waals surface area contributed by atoms with Gasteiger partial charge in [-0.2, -0.15) is 5.10 Å². The molecule has 0 spiro atoms. The van der Waals surface area contributed by atoms with Gasteiger partial charge in [0.2, 0.25) is 5.91 Å². The molecule has 1 saturated heterocycles. The van der Waals surface area contributed by atoms with Crippen LogP contribution >= 0.6 is 0 Å². The number of nitrogens with zero attached hydrogens (tertiary/aromatic N) is 3. The van der Waals surface area contributed by atoms with Crippen molar-refractivity contribution in [1.29, 1.82) is 0 Å². The van der Waals surface area contributed by atoms with E-state index in [0.717, 1.165) is 25.1 Å². The Hall–Kier alpha value is -2.37. The highest BCUT2D eigenvalue weighted by Crippen LogP contribution is 2.20. The average molecular weight is 331 g/mol. The number of hydrogen-bond acceptors (Lipinski definition) is 3. The summed E-state index contributed by atoms with van der Waals surface area (Å²) in [5.41, 5.74) is 0.978. The fourth-order valence-corrected chi connectivity index (χ4v) is 2.99. The molecule has 0 bridgehead atoms. The van der Waals surface area contributed by atoms with Crippen LogP contribution in [0.25, 0.3) is 0 Å². The highest BCUT2D eigenvalue weighted by Gasteiger charge is 2.24. The first kappa shape index (κ1) is 16.5. The van der Waals surface area contributed by atoms with E-state index in [1.165, 1.54) is 12.1 Å². The summed E-state index contributed by atoms with van der Waals surface area (Å²) in [7, 11) is 0. The van der Waals surface area contributed by atoms with Crippen molar-refractivity contribution < 1.29 is 13.9 Å². The number of carbonyl (C=O) groups is 1. The van der Waals surface area contributed by atoms with E-state index in [0.29, 0.717) is 18.9 Å². The molecule has 2 aromatic rings. The first-order valence-electron chi connectivity index (χ1n) is 8.26. The minimum Gasteiger partial charge on any atom is -0.493 e. The fourth-order valence-electron chi connectivity index (χ4n) is 2.99. The number of hydrogen-bond donors (Lipinski definition) is 0. The first-order chi connectivity index (χ1) is 11.6. The molecule has 128 valence electrons. The third kappa shape index (κ3) is 4.13. The highest BCUT2D eigenvalue weighted by molar-refractivity contribution is 5.76. The van der Waals surface area contributed by atoms with Crippen LogP contribution in [0.4, 0.5) is 4.39 Å². The molecule has 1 amide bonds. The zero-order valence-electron chi connectivity index (χ0n) is 13.8. The maximum Gasteiger partial charge on any atom is 0.244 e. The van der Waals surface area contributed by atoms with Gasteiger partial charge in [-0.15, -0.1) is 0 Å². The molecule has 0 aliphatic carbocycles. The van der Waals surface area contributed by atoms with Gasteiger partial charge in [0.05, 0.1) is 6.61 Å².